The van der Waals surface area contributed by atoms with E-state index < -0.39 is 5.97 Å². The maximum atomic E-state index is 11.6. The third-order valence-electron chi connectivity index (χ3n) is 6.52. The molecule has 8 heteroatoms. The van der Waals surface area contributed by atoms with Gasteiger partial charge in [-0.05, 0) is 60.6 Å². The largest absolute Gasteiger partial charge is 0.464 e. The molecule has 1 fully saturated rings. The number of fused-ring (bicyclic) bond motifs is 2. The number of halogens is 1. The Morgan fingerprint density at radius 1 is 1.09 bits per heavy atom. The number of esters is 1. The van der Waals surface area contributed by atoms with Crippen LogP contribution in [0.5, 0.6) is 0 Å². The van der Waals surface area contributed by atoms with E-state index in [9.17, 15) is 4.79 Å². The summed E-state index contributed by atoms with van der Waals surface area (Å²) in [6, 6.07) is 10.5. The lowest BCUT2D eigenvalue weighted by atomic mass is 9.88. The van der Waals surface area contributed by atoms with Crippen molar-refractivity contribution < 1.29 is 9.53 Å². The predicted octanol–water partition coefficient (Wildman–Crippen LogP) is 3.81. The lowest BCUT2D eigenvalue weighted by molar-refractivity contribution is 0.0594. The summed E-state index contributed by atoms with van der Waals surface area (Å²) in [6.07, 6.45) is 7.49. The number of carbonyl (C=O) groups excluding carboxylic acids is 1. The van der Waals surface area contributed by atoms with Crippen molar-refractivity contribution in [1.29, 1.82) is 0 Å². The molecule has 0 saturated carbocycles. The molecule has 0 spiro atoms. The third kappa shape index (κ3) is 4.56. The van der Waals surface area contributed by atoms with Crippen molar-refractivity contribution in [2.24, 2.45) is 0 Å². The monoisotopic (exact) mass is 463 g/mol. The van der Waals surface area contributed by atoms with E-state index in [1.165, 1.54) is 34.9 Å². The van der Waals surface area contributed by atoms with Gasteiger partial charge in [-0.2, -0.15) is 0 Å². The van der Waals surface area contributed by atoms with Gasteiger partial charge in [0.1, 0.15) is 0 Å². The molecular formula is C25H26ClN5O2. The van der Waals surface area contributed by atoms with Crippen LogP contribution in [0.4, 0.5) is 0 Å². The zero-order chi connectivity index (χ0) is 22.8. The van der Waals surface area contributed by atoms with Gasteiger partial charge in [0.05, 0.1) is 25.5 Å². The Kier molecular flexibility index (Phi) is 6.24. The van der Waals surface area contributed by atoms with Gasteiger partial charge < -0.3 is 9.64 Å². The highest BCUT2D eigenvalue weighted by Gasteiger charge is 2.25. The van der Waals surface area contributed by atoms with Crippen molar-refractivity contribution in [3.8, 4) is 0 Å². The molecule has 0 N–H and O–H groups in total. The Labute approximate surface area is 198 Å². The molecule has 3 aromatic rings. The molecule has 1 aliphatic carbocycles. The molecule has 2 aromatic heterocycles. The highest BCUT2D eigenvalue weighted by Crippen LogP contribution is 2.38. The highest BCUT2D eigenvalue weighted by molar-refractivity contribution is 6.30. The van der Waals surface area contributed by atoms with Crippen molar-refractivity contribution in [1.82, 2.24) is 24.9 Å². The first-order chi connectivity index (χ1) is 16.1. The lowest BCUT2D eigenvalue weighted by Crippen LogP contribution is -2.34. The molecule has 5 rings (SSSR count). The minimum atomic E-state index is -0.464. The first-order valence-electron chi connectivity index (χ1n) is 11.3. The van der Waals surface area contributed by atoms with Gasteiger partial charge in [-0.25, -0.2) is 4.79 Å². The molecule has 33 heavy (non-hydrogen) atoms. The number of aryl methyl sites for hydroxylation is 2. The van der Waals surface area contributed by atoms with E-state index in [-0.39, 0.29) is 5.69 Å². The number of nitrogens with zero attached hydrogens (tertiary/aromatic N) is 5. The number of hydrogen-bond acceptors (Lipinski definition) is 6. The second-order valence-electron chi connectivity index (χ2n) is 8.49. The average Bonchev–Trinajstić information content (AvgIpc) is 3.26. The smallest absolute Gasteiger partial charge is 0.360 e. The standard InChI is InChI=1S/C25H26ClN5O2/c1-33-25(32)22-16-31(29-28-22)14-13-30-11-8-17(9-12-30)23-21-7-6-20(26)15-19(21)5-4-18-3-2-10-27-24(18)23/h2-3,6-7,10,15-16H,4-5,8-9,11-14H2,1H3. The van der Waals surface area contributed by atoms with Crippen molar-refractivity contribution in [3.05, 3.63) is 81.4 Å². The van der Waals surface area contributed by atoms with Gasteiger partial charge in [0.25, 0.3) is 0 Å². The number of piperidine rings is 1. The zero-order valence-electron chi connectivity index (χ0n) is 18.6. The number of aromatic nitrogens is 4. The summed E-state index contributed by atoms with van der Waals surface area (Å²) < 4.78 is 6.40. The lowest BCUT2D eigenvalue weighted by Gasteiger charge is -2.30. The van der Waals surface area contributed by atoms with Crippen molar-refractivity contribution in [3.63, 3.8) is 0 Å². The van der Waals surface area contributed by atoms with Crippen LogP contribution in [0.3, 0.4) is 0 Å². The molecule has 0 amide bonds. The fourth-order valence-corrected chi connectivity index (χ4v) is 4.97. The second kappa shape index (κ2) is 9.45. The number of methoxy groups -OCH3 is 1. The summed E-state index contributed by atoms with van der Waals surface area (Å²) in [7, 11) is 1.34. The Morgan fingerprint density at radius 2 is 1.91 bits per heavy atom. The maximum absolute atomic E-state index is 11.6. The Bertz CT molecular complexity index is 1210. The van der Waals surface area contributed by atoms with Crippen LogP contribution in [0.2, 0.25) is 5.02 Å². The summed E-state index contributed by atoms with van der Waals surface area (Å²) in [5, 5.41) is 8.70. The van der Waals surface area contributed by atoms with Crippen LogP contribution in [0.15, 0.2) is 48.3 Å². The summed E-state index contributed by atoms with van der Waals surface area (Å²) in [4.78, 5) is 18.8. The topological polar surface area (TPSA) is 73.1 Å². The summed E-state index contributed by atoms with van der Waals surface area (Å²) in [5.74, 6) is -0.464. The molecule has 0 bridgehead atoms. The fourth-order valence-electron chi connectivity index (χ4n) is 4.78. The van der Waals surface area contributed by atoms with E-state index >= 15 is 0 Å². The Hall–Kier alpha value is -3.03. The number of ether oxygens (including phenoxy) is 1. The van der Waals surface area contributed by atoms with Gasteiger partial charge in [0.15, 0.2) is 5.69 Å². The van der Waals surface area contributed by atoms with Gasteiger partial charge in [-0.3, -0.25) is 9.67 Å². The fraction of sp³-hybridized carbons (Fsp3) is 0.360. The van der Waals surface area contributed by atoms with Gasteiger partial charge in [0, 0.05) is 36.4 Å². The number of likely N-dealkylation sites (tertiary alicyclic amines) is 1. The molecule has 0 radical (unpaired) electrons. The highest BCUT2D eigenvalue weighted by atomic mass is 35.5. The zero-order valence-corrected chi connectivity index (χ0v) is 19.4. The second-order valence-corrected chi connectivity index (χ2v) is 8.93. The molecule has 2 aliphatic rings. The van der Waals surface area contributed by atoms with Gasteiger partial charge in [-0.15, -0.1) is 5.10 Å². The molecule has 3 heterocycles. The summed E-state index contributed by atoms with van der Waals surface area (Å²) >= 11 is 6.33. The van der Waals surface area contributed by atoms with Crippen LogP contribution in [-0.2, 0) is 24.1 Å². The van der Waals surface area contributed by atoms with Crippen LogP contribution >= 0.6 is 11.6 Å². The van der Waals surface area contributed by atoms with Gasteiger partial charge in [0.2, 0.25) is 0 Å². The Balaban J connectivity index is 1.34. The van der Waals surface area contributed by atoms with Crippen LogP contribution < -0.4 is 0 Å². The van der Waals surface area contributed by atoms with Gasteiger partial charge in [-0.1, -0.05) is 34.5 Å². The molecule has 0 atom stereocenters. The number of hydrogen-bond donors (Lipinski definition) is 0. The quantitative estimate of drug-likeness (QED) is 0.548. The van der Waals surface area contributed by atoms with E-state index in [0.717, 1.165) is 56.0 Å². The number of carbonyl (C=O) groups is 1. The van der Waals surface area contributed by atoms with Crippen LogP contribution in [0.25, 0.3) is 5.57 Å². The molecule has 0 unspecified atom stereocenters. The van der Waals surface area contributed by atoms with Crippen LogP contribution in [-0.4, -0.2) is 57.6 Å². The molecular weight excluding hydrogens is 438 g/mol. The van der Waals surface area contributed by atoms with Crippen LogP contribution in [0, 0.1) is 0 Å². The summed E-state index contributed by atoms with van der Waals surface area (Å²) in [6.45, 7) is 3.49. The average molecular weight is 464 g/mol. The minimum absolute atomic E-state index is 0.237. The van der Waals surface area contributed by atoms with E-state index in [4.69, 9.17) is 21.3 Å². The minimum Gasteiger partial charge on any atom is -0.464 e. The van der Waals surface area contributed by atoms with E-state index in [1.54, 1.807) is 10.9 Å². The van der Waals surface area contributed by atoms with Crippen molar-refractivity contribution >= 4 is 23.1 Å². The molecule has 170 valence electrons. The third-order valence-corrected chi connectivity index (χ3v) is 6.76. The van der Waals surface area contributed by atoms with E-state index in [0.29, 0.717) is 6.54 Å². The van der Waals surface area contributed by atoms with Crippen LogP contribution in [0.1, 0.15) is 45.7 Å². The van der Waals surface area contributed by atoms with Gasteiger partial charge >= 0.3 is 5.97 Å². The number of pyridine rings is 1. The van der Waals surface area contributed by atoms with E-state index in [1.807, 2.05) is 18.3 Å². The number of rotatable bonds is 4. The van der Waals surface area contributed by atoms with Crippen molar-refractivity contribution in [2.45, 2.75) is 32.2 Å². The molecule has 1 aromatic carbocycles. The summed E-state index contributed by atoms with van der Waals surface area (Å²) in [5.41, 5.74) is 8.01. The first kappa shape index (κ1) is 21.8. The van der Waals surface area contributed by atoms with E-state index in [2.05, 4.69) is 33.4 Å². The Morgan fingerprint density at radius 3 is 2.73 bits per heavy atom. The maximum Gasteiger partial charge on any atom is 0.360 e. The molecule has 1 saturated heterocycles. The molecule has 1 aliphatic heterocycles. The predicted molar refractivity (Wildman–Crippen MR) is 126 cm³/mol. The normalized spacial score (nSPS) is 16.2. The SMILES string of the molecule is COC(=O)c1cn(CCN2CCC(=C3c4ccc(Cl)cc4CCc4cccnc43)CC2)nn1. The number of benzene rings is 1. The first-order valence-corrected chi connectivity index (χ1v) is 11.7. The van der Waals surface area contributed by atoms with Crippen molar-refractivity contribution in [2.75, 3.05) is 26.7 Å². The molecule has 7 nitrogen and oxygen atoms in total.